The van der Waals surface area contributed by atoms with Gasteiger partial charge in [0, 0.05) is 18.4 Å². The molecule has 0 aromatic heterocycles. The van der Waals surface area contributed by atoms with Crippen LogP contribution in [0, 0.1) is 13.8 Å². The first-order valence-electron chi connectivity index (χ1n) is 9.38. The molecule has 0 fully saturated rings. The van der Waals surface area contributed by atoms with Crippen LogP contribution in [0.5, 0.6) is 0 Å². The molecule has 0 atom stereocenters. The summed E-state index contributed by atoms with van der Waals surface area (Å²) in [5.74, 6) is -0.380. The van der Waals surface area contributed by atoms with Crippen LogP contribution in [-0.4, -0.2) is 21.4 Å². The minimum atomic E-state index is -3.84. The number of sulfonamides is 1. The van der Waals surface area contributed by atoms with Crippen LogP contribution < -0.4 is 10.0 Å². The molecule has 0 aliphatic heterocycles. The third-order valence-corrected chi connectivity index (χ3v) is 6.01. The van der Waals surface area contributed by atoms with Crippen LogP contribution in [0.4, 0.5) is 11.4 Å². The zero-order valence-corrected chi connectivity index (χ0v) is 17.9. The molecule has 0 radical (unpaired) electrons. The van der Waals surface area contributed by atoms with E-state index in [9.17, 15) is 13.2 Å². The molecule has 0 aliphatic rings. The summed E-state index contributed by atoms with van der Waals surface area (Å²) >= 11 is 0. The van der Waals surface area contributed by atoms with Gasteiger partial charge in [0.15, 0.2) is 0 Å². The molecular weight excluding hydrogens is 400 g/mol. The summed E-state index contributed by atoms with van der Waals surface area (Å²) in [7, 11) is -2.24. The van der Waals surface area contributed by atoms with E-state index in [-0.39, 0.29) is 10.8 Å². The highest BCUT2D eigenvalue weighted by Gasteiger charge is 2.19. The highest BCUT2D eigenvalue weighted by atomic mass is 32.2. The van der Waals surface area contributed by atoms with Gasteiger partial charge in [-0.05, 0) is 60.9 Å². The number of hydrogen-bond acceptors (Lipinski definition) is 4. The van der Waals surface area contributed by atoms with Crippen molar-refractivity contribution >= 4 is 27.3 Å². The fourth-order valence-corrected chi connectivity index (χ4v) is 4.16. The van der Waals surface area contributed by atoms with Crippen molar-refractivity contribution in [3.05, 3.63) is 89.0 Å². The van der Waals surface area contributed by atoms with E-state index in [0.29, 0.717) is 29.1 Å². The number of methoxy groups -OCH3 is 1. The molecule has 0 spiro atoms. The zero-order valence-electron chi connectivity index (χ0n) is 17.1. The van der Waals surface area contributed by atoms with Crippen molar-refractivity contribution in [2.45, 2.75) is 25.3 Å². The van der Waals surface area contributed by atoms with Crippen LogP contribution >= 0.6 is 0 Å². The van der Waals surface area contributed by atoms with E-state index in [0.717, 1.165) is 11.1 Å². The topological polar surface area (TPSA) is 84.5 Å². The Labute approximate surface area is 177 Å². The molecule has 0 saturated heterocycles. The summed E-state index contributed by atoms with van der Waals surface area (Å²) in [5, 5.41) is 2.83. The number of carbonyl (C=O) groups excluding carboxylic acids is 1. The van der Waals surface area contributed by atoms with Crippen molar-refractivity contribution in [1.29, 1.82) is 0 Å². The Morgan fingerprint density at radius 3 is 2.43 bits per heavy atom. The van der Waals surface area contributed by atoms with Crippen LogP contribution in [0.25, 0.3) is 0 Å². The van der Waals surface area contributed by atoms with E-state index in [1.807, 2.05) is 37.3 Å². The molecule has 30 heavy (non-hydrogen) atoms. The number of anilines is 2. The van der Waals surface area contributed by atoms with Gasteiger partial charge in [0.2, 0.25) is 0 Å². The van der Waals surface area contributed by atoms with Crippen LogP contribution in [-0.2, 0) is 21.4 Å². The van der Waals surface area contributed by atoms with E-state index in [2.05, 4.69) is 10.0 Å². The number of carbonyl (C=O) groups is 1. The molecule has 156 valence electrons. The van der Waals surface area contributed by atoms with Crippen LogP contribution in [0.2, 0.25) is 0 Å². The first kappa shape index (κ1) is 21.5. The van der Waals surface area contributed by atoms with Gasteiger partial charge in [0.1, 0.15) is 0 Å². The molecule has 3 aromatic rings. The largest absolute Gasteiger partial charge is 0.380 e. The first-order chi connectivity index (χ1) is 14.3. The fraction of sp³-hybridized carbons (Fsp3) is 0.174. The summed E-state index contributed by atoms with van der Waals surface area (Å²) in [6.07, 6.45) is 0. The maximum Gasteiger partial charge on any atom is 0.261 e. The second kappa shape index (κ2) is 9.11. The van der Waals surface area contributed by atoms with Crippen molar-refractivity contribution in [3.8, 4) is 0 Å². The van der Waals surface area contributed by atoms with Gasteiger partial charge >= 0.3 is 0 Å². The Bertz CT molecular complexity index is 1170. The molecule has 0 saturated carbocycles. The summed E-state index contributed by atoms with van der Waals surface area (Å²) in [4.78, 5) is 12.9. The molecule has 7 heteroatoms. The number of amides is 1. The van der Waals surface area contributed by atoms with Crippen molar-refractivity contribution in [2.75, 3.05) is 17.1 Å². The number of benzene rings is 3. The normalized spacial score (nSPS) is 11.2. The lowest BCUT2D eigenvalue weighted by Crippen LogP contribution is -2.17. The van der Waals surface area contributed by atoms with E-state index >= 15 is 0 Å². The van der Waals surface area contributed by atoms with Crippen LogP contribution in [0.3, 0.4) is 0 Å². The highest BCUT2D eigenvalue weighted by Crippen LogP contribution is 2.22. The van der Waals surface area contributed by atoms with Crippen molar-refractivity contribution in [2.24, 2.45) is 0 Å². The lowest BCUT2D eigenvalue weighted by Gasteiger charge is -2.13. The van der Waals surface area contributed by atoms with Crippen LogP contribution in [0.15, 0.2) is 71.6 Å². The minimum absolute atomic E-state index is 0.0228. The quantitative estimate of drug-likeness (QED) is 0.585. The Morgan fingerprint density at radius 2 is 1.70 bits per heavy atom. The zero-order chi connectivity index (χ0) is 21.7. The van der Waals surface area contributed by atoms with E-state index < -0.39 is 10.0 Å². The average molecular weight is 425 g/mol. The third-order valence-electron chi connectivity index (χ3n) is 4.65. The molecule has 0 heterocycles. The lowest BCUT2D eigenvalue weighted by molar-refractivity contribution is 0.102. The Hall–Kier alpha value is -3.16. The number of rotatable bonds is 7. The predicted molar refractivity (Wildman–Crippen MR) is 118 cm³/mol. The monoisotopic (exact) mass is 424 g/mol. The highest BCUT2D eigenvalue weighted by molar-refractivity contribution is 7.92. The maximum atomic E-state index is 12.9. The maximum absolute atomic E-state index is 12.9. The smallest absolute Gasteiger partial charge is 0.261 e. The van der Waals surface area contributed by atoms with E-state index in [1.54, 1.807) is 38.3 Å². The van der Waals surface area contributed by atoms with Crippen molar-refractivity contribution in [1.82, 2.24) is 0 Å². The summed E-state index contributed by atoms with van der Waals surface area (Å²) in [6, 6.07) is 18.9. The second-order valence-electron chi connectivity index (χ2n) is 6.98. The van der Waals surface area contributed by atoms with E-state index in [1.165, 1.54) is 12.1 Å². The van der Waals surface area contributed by atoms with E-state index in [4.69, 9.17) is 4.74 Å². The Morgan fingerprint density at radius 1 is 0.933 bits per heavy atom. The van der Waals surface area contributed by atoms with Gasteiger partial charge in [-0.3, -0.25) is 9.52 Å². The van der Waals surface area contributed by atoms with Gasteiger partial charge in [-0.15, -0.1) is 0 Å². The SMILES string of the molecule is COCc1cccc(NC(=O)c2cc(S(=O)(=O)Nc3ccccc3C)ccc2C)c1. The fourth-order valence-electron chi connectivity index (χ4n) is 3.01. The molecule has 3 aromatic carbocycles. The molecule has 0 unspecified atom stereocenters. The second-order valence-corrected chi connectivity index (χ2v) is 8.67. The van der Waals surface area contributed by atoms with Gasteiger partial charge in [-0.2, -0.15) is 0 Å². The molecule has 6 nitrogen and oxygen atoms in total. The summed E-state index contributed by atoms with van der Waals surface area (Å²) < 4.78 is 33.4. The molecule has 0 aliphatic carbocycles. The van der Waals surface area contributed by atoms with Crippen LogP contribution in [0.1, 0.15) is 27.0 Å². The molecule has 2 N–H and O–H groups in total. The van der Waals surface area contributed by atoms with Gasteiger partial charge in [-0.1, -0.05) is 36.4 Å². The number of ether oxygens (including phenoxy) is 1. The molecule has 1 amide bonds. The van der Waals surface area contributed by atoms with Crippen molar-refractivity contribution < 1.29 is 17.9 Å². The molecule has 3 rings (SSSR count). The summed E-state index contributed by atoms with van der Waals surface area (Å²) in [6.45, 7) is 4.02. The van der Waals surface area contributed by atoms with Gasteiger partial charge in [0.25, 0.3) is 15.9 Å². The minimum Gasteiger partial charge on any atom is -0.380 e. The summed E-state index contributed by atoms with van der Waals surface area (Å²) in [5.41, 5.74) is 3.81. The lowest BCUT2D eigenvalue weighted by atomic mass is 10.1. The Kier molecular flexibility index (Phi) is 6.54. The number of nitrogens with one attached hydrogen (secondary N) is 2. The van der Waals surface area contributed by atoms with Gasteiger partial charge in [-0.25, -0.2) is 8.42 Å². The number of hydrogen-bond donors (Lipinski definition) is 2. The molecular formula is C23H24N2O4S. The van der Waals surface area contributed by atoms with Gasteiger partial charge < -0.3 is 10.1 Å². The molecule has 0 bridgehead atoms. The first-order valence-corrected chi connectivity index (χ1v) is 10.9. The van der Waals surface area contributed by atoms with Crippen molar-refractivity contribution in [3.63, 3.8) is 0 Å². The third kappa shape index (κ3) is 5.06. The Balaban J connectivity index is 1.86. The van der Waals surface area contributed by atoms with Gasteiger partial charge in [0.05, 0.1) is 17.2 Å². The predicted octanol–water partition coefficient (Wildman–Crippen LogP) is 4.50. The number of para-hydroxylation sites is 1. The standard InChI is InChI=1S/C23H24N2O4S/c1-16-11-12-20(30(27,28)25-22-10-5-4-7-17(22)2)14-21(16)23(26)24-19-9-6-8-18(13-19)15-29-3/h4-14,25H,15H2,1-3H3,(H,24,26). The average Bonchev–Trinajstić information content (AvgIpc) is 2.70. The number of aryl methyl sites for hydroxylation is 2.